The lowest BCUT2D eigenvalue weighted by molar-refractivity contribution is -0.143. The first-order valence-corrected chi connectivity index (χ1v) is 11.4. The van der Waals surface area contributed by atoms with Crippen LogP contribution in [0.1, 0.15) is 30.9 Å². The lowest BCUT2D eigenvalue weighted by Crippen LogP contribution is -2.46. The molecular weight excluding hydrogens is 408 g/mol. The van der Waals surface area contributed by atoms with Crippen LogP contribution in [0, 0.1) is 17.0 Å². The number of aromatic nitrogens is 2. The number of anilines is 1. The molecule has 3 fully saturated rings. The van der Waals surface area contributed by atoms with Crippen LogP contribution in [-0.2, 0) is 4.79 Å². The number of rotatable bonds is 3. The van der Waals surface area contributed by atoms with Crippen molar-refractivity contribution in [2.45, 2.75) is 30.2 Å². The Hall–Kier alpha value is -2.26. The maximum atomic E-state index is 13.7. The summed E-state index contributed by atoms with van der Waals surface area (Å²) in [6.07, 6.45) is 7.76. The summed E-state index contributed by atoms with van der Waals surface area (Å²) in [5, 5.41) is 3.82. The lowest BCUT2D eigenvalue weighted by Gasteiger charge is -2.37. The van der Waals surface area contributed by atoms with Gasteiger partial charge in [-0.15, -0.1) is 11.8 Å². The fourth-order valence-electron chi connectivity index (χ4n) is 4.94. The molecule has 1 atom stereocenters. The van der Waals surface area contributed by atoms with E-state index in [1.807, 2.05) is 18.6 Å². The molecule has 3 saturated heterocycles. The van der Waals surface area contributed by atoms with E-state index in [2.05, 4.69) is 19.9 Å². The third kappa shape index (κ3) is 3.24. The van der Waals surface area contributed by atoms with Crippen LogP contribution < -0.4 is 4.90 Å². The van der Waals surface area contributed by atoms with E-state index >= 15 is 0 Å². The van der Waals surface area contributed by atoms with Gasteiger partial charge < -0.3 is 4.90 Å². The second kappa shape index (κ2) is 7.46. The summed E-state index contributed by atoms with van der Waals surface area (Å²) >= 11 is 1.60. The van der Waals surface area contributed by atoms with Gasteiger partial charge >= 0.3 is 0 Å². The first kappa shape index (κ1) is 19.7. The van der Waals surface area contributed by atoms with Crippen molar-refractivity contribution in [3.63, 3.8) is 0 Å². The van der Waals surface area contributed by atoms with Crippen LogP contribution >= 0.6 is 11.8 Å². The van der Waals surface area contributed by atoms with Gasteiger partial charge in [0.05, 0.1) is 11.5 Å². The zero-order valence-electron chi connectivity index (χ0n) is 16.7. The van der Waals surface area contributed by atoms with E-state index in [9.17, 15) is 13.6 Å². The molecule has 2 aromatic rings. The minimum absolute atomic E-state index is 0.0768. The predicted molar refractivity (Wildman–Crippen MR) is 110 cm³/mol. The summed E-state index contributed by atoms with van der Waals surface area (Å²) in [7, 11) is 0. The molecule has 0 N–H and O–H groups in total. The maximum absolute atomic E-state index is 13.7. The normalized spacial score (nSPS) is 23.4. The second-order valence-corrected chi connectivity index (χ2v) is 9.12. The molecule has 4 heterocycles. The number of halogens is 2. The molecule has 1 aromatic carbocycles. The highest BCUT2D eigenvalue weighted by atomic mass is 32.2. The molecule has 6 nitrogen and oxygen atoms in total. The summed E-state index contributed by atoms with van der Waals surface area (Å²) in [6, 6.07) is 3.25. The van der Waals surface area contributed by atoms with Gasteiger partial charge in [-0.3, -0.25) is 9.80 Å². The summed E-state index contributed by atoms with van der Waals surface area (Å²) in [5.41, 5.74) is 0.0837. The van der Waals surface area contributed by atoms with Crippen molar-refractivity contribution >= 4 is 23.6 Å². The van der Waals surface area contributed by atoms with Crippen molar-refractivity contribution in [1.82, 2.24) is 20.0 Å². The number of carbonyl (C=O) groups is 1. The molecule has 0 aliphatic carbocycles. The van der Waals surface area contributed by atoms with E-state index in [0.29, 0.717) is 37.6 Å². The average molecular weight is 432 g/mol. The van der Waals surface area contributed by atoms with Crippen molar-refractivity contribution in [3.05, 3.63) is 47.8 Å². The molecule has 1 amide bonds. The van der Waals surface area contributed by atoms with E-state index in [1.165, 1.54) is 12.1 Å². The standard InChI is InChI=1S/C21H23F2N5OS/c1-30-17-11-24-20(25-12-17)26-6-3-21(4-7-26)13-27-5-2-18(28(27)19(21)29)14-8-15(22)10-16(23)9-14/h8-12,18H,2-7,13H2,1H3/t18-/m0/s1. The third-order valence-electron chi connectivity index (χ3n) is 6.53. The first-order chi connectivity index (χ1) is 14.5. The molecule has 1 spiro atoms. The Balaban J connectivity index is 1.32. The van der Waals surface area contributed by atoms with Crippen molar-refractivity contribution < 1.29 is 13.6 Å². The molecule has 3 aliphatic rings. The van der Waals surface area contributed by atoms with Crippen molar-refractivity contribution in [2.24, 2.45) is 5.41 Å². The quantitative estimate of drug-likeness (QED) is 0.696. The number of fused-ring (bicyclic) bond motifs is 1. The van der Waals surface area contributed by atoms with Gasteiger partial charge in [-0.25, -0.2) is 23.8 Å². The van der Waals surface area contributed by atoms with Gasteiger partial charge in [0.15, 0.2) is 0 Å². The van der Waals surface area contributed by atoms with E-state index in [0.717, 1.165) is 30.3 Å². The lowest BCUT2D eigenvalue weighted by atomic mass is 9.78. The topological polar surface area (TPSA) is 52.6 Å². The highest BCUT2D eigenvalue weighted by molar-refractivity contribution is 7.98. The van der Waals surface area contributed by atoms with Gasteiger partial charge in [-0.2, -0.15) is 0 Å². The Morgan fingerprint density at radius 2 is 1.73 bits per heavy atom. The van der Waals surface area contributed by atoms with E-state index in [1.54, 1.807) is 16.8 Å². The number of amides is 1. The van der Waals surface area contributed by atoms with Gasteiger partial charge in [0, 0.05) is 49.5 Å². The highest BCUT2D eigenvalue weighted by Gasteiger charge is 2.56. The van der Waals surface area contributed by atoms with E-state index in [4.69, 9.17) is 0 Å². The van der Waals surface area contributed by atoms with Gasteiger partial charge in [-0.05, 0) is 43.2 Å². The van der Waals surface area contributed by atoms with Crippen LogP contribution in [0.2, 0.25) is 0 Å². The number of hydrogen-bond acceptors (Lipinski definition) is 6. The molecular formula is C21H23F2N5OS. The monoisotopic (exact) mass is 431 g/mol. The Bertz CT molecular complexity index is 944. The van der Waals surface area contributed by atoms with Crippen molar-refractivity contribution in [1.29, 1.82) is 0 Å². The Morgan fingerprint density at radius 3 is 2.37 bits per heavy atom. The number of hydrazine groups is 1. The Labute approximate surface area is 178 Å². The maximum Gasteiger partial charge on any atom is 0.245 e. The number of piperidine rings is 1. The zero-order valence-corrected chi connectivity index (χ0v) is 17.5. The molecule has 0 saturated carbocycles. The molecule has 1 aromatic heterocycles. The van der Waals surface area contributed by atoms with Gasteiger partial charge in [-0.1, -0.05) is 0 Å². The second-order valence-electron chi connectivity index (χ2n) is 8.24. The first-order valence-electron chi connectivity index (χ1n) is 10.1. The van der Waals surface area contributed by atoms with Crippen LogP contribution in [-0.4, -0.2) is 58.3 Å². The molecule has 0 radical (unpaired) electrons. The van der Waals surface area contributed by atoms with Crippen LogP contribution in [0.5, 0.6) is 0 Å². The van der Waals surface area contributed by atoms with Crippen LogP contribution in [0.15, 0.2) is 35.5 Å². The molecule has 0 unspecified atom stereocenters. The van der Waals surface area contributed by atoms with Gasteiger partial charge in [0.2, 0.25) is 11.9 Å². The number of nitrogens with zero attached hydrogens (tertiary/aromatic N) is 5. The van der Waals surface area contributed by atoms with Crippen molar-refractivity contribution in [3.8, 4) is 0 Å². The minimum Gasteiger partial charge on any atom is -0.341 e. The zero-order chi connectivity index (χ0) is 20.9. The molecule has 158 valence electrons. The summed E-state index contributed by atoms with van der Waals surface area (Å²) in [4.78, 5) is 25.5. The third-order valence-corrected chi connectivity index (χ3v) is 7.21. The predicted octanol–water partition coefficient (Wildman–Crippen LogP) is 3.27. The highest BCUT2D eigenvalue weighted by Crippen LogP contribution is 2.47. The number of benzene rings is 1. The molecule has 9 heteroatoms. The van der Waals surface area contributed by atoms with Gasteiger partial charge in [0.1, 0.15) is 11.6 Å². The number of carbonyl (C=O) groups excluding carboxylic acids is 1. The van der Waals surface area contributed by atoms with Crippen LogP contribution in [0.3, 0.4) is 0 Å². The largest absolute Gasteiger partial charge is 0.341 e. The fraction of sp³-hybridized carbons (Fsp3) is 0.476. The summed E-state index contributed by atoms with van der Waals surface area (Å²) < 4.78 is 27.5. The molecule has 30 heavy (non-hydrogen) atoms. The minimum atomic E-state index is -0.606. The Kier molecular flexibility index (Phi) is 4.89. The smallest absolute Gasteiger partial charge is 0.245 e. The number of hydrogen-bond donors (Lipinski definition) is 0. The average Bonchev–Trinajstić information content (AvgIpc) is 3.26. The van der Waals surface area contributed by atoms with Crippen molar-refractivity contribution in [2.75, 3.05) is 37.3 Å². The summed E-state index contributed by atoms with van der Waals surface area (Å²) in [5.74, 6) is -0.439. The van der Waals surface area contributed by atoms with E-state index < -0.39 is 17.0 Å². The Morgan fingerprint density at radius 1 is 1.07 bits per heavy atom. The van der Waals surface area contributed by atoms with Gasteiger partial charge in [0.25, 0.3) is 0 Å². The molecule has 5 rings (SSSR count). The van der Waals surface area contributed by atoms with Crippen LogP contribution in [0.4, 0.5) is 14.7 Å². The molecule has 3 aliphatic heterocycles. The summed E-state index contributed by atoms with van der Waals surface area (Å²) in [6.45, 7) is 2.82. The number of thioether (sulfide) groups is 1. The molecule has 0 bridgehead atoms. The fourth-order valence-corrected chi connectivity index (χ4v) is 5.26. The van der Waals surface area contributed by atoms with E-state index in [-0.39, 0.29) is 11.9 Å². The van der Waals surface area contributed by atoms with Crippen LogP contribution in [0.25, 0.3) is 0 Å². The SMILES string of the molecule is CSc1cnc(N2CCC3(CC2)CN2CC[C@@H](c4cc(F)cc(F)c4)N2C3=O)nc1.